The summed E-state index contributed by atoms with van der Waals surface area (Å²) in [6, 6.07) is 0.602. The predicted octanol–water partition coefficient (Wildman–Crippen LogP) is 2.27. The van der Waals surface area contributed by atoms with Gasteiger partial charge in [-0.25, -0.2) is 4.98 Å². The lowest BCUT2D eigenvalue weighted by Crippen LogP contribution is -2.30. The number of thiazole rings is 1. The van der Waals surface area contributed by atoms with E-state index in [4.69, 9.17) is 0 Å². The summed E-state index contributed by atoms with van der Waals surface area (Å²) in [7, 11) is 0. The largest absolute Gasteiger partial charge is 0.314 e. The number of hydrogen-bond donors (Lipinski definition) is 1. The first kappa shape index (κ1) is 13.0. The Morgan fingerprint density at radius 3 is 3.06 bits per heavy atom. The first-order valence-corrected chi connectivity index (χ1v) is 7.32. The number of rotatable bonds is 5. The van der Waals surface area contributed by atoms with Crippen LogP contribution in [0, 0.1) is 12.8 Å². The molecule has 0 bridgehead atoms. The van der Waals surface area contributed by atoms with Crippen LogP contribution in [0.3, 0.4) is 0 Å². The zero-order valence-electron chi connectivity index (χ0n) is 11.1. The van der Waals surface area contributed by atoms with Gasteiger partial charge in [0, 0.05) is 23.7 Å². The van der Waals surface area contributed by atoms with E-state index in [9.17, 15) is 0 Å². The molecule has 0 radical (unpaired) electrons. The predicted molar refractivity (Wildman–Crippen MR) is 73.4 cm³/mol. The molecule has 0 aliphatic carbocycles. The van der Waals surface area contributed by atoms with E-state index in [1.54, 1.807) is 0 Å². The number of likely N-dealkylation sites (tertiary alicyclic amines) is 1. The maximum Gasteiger partial charge on any atom is 0.107 e. The molecule has 0 amide bonds. The van der Waals surface area contributed by atoms with Gasteiger partial charge in [0.2, 0.25) is 0 Å². The van der Waals surface area contributed by atoms with E-state index >= 15 is 0 Å². The van der Waals surface area contributed by atoms with Crippen molar-refractivity contribution in [2.45, 2.75) is 39.8 Å². The lowest BCUT2D eigenvalue weighted by molar-refractivity contribution is 0.312. The topological polar surface area (TPSA) is 28.2 Å². The van der Waals surface area contributed by atoms with Gasteiger partial charge in [-0.1, -0.05) is 13.8 Å². The van der Waals surface area contributed by atoms with Crippen LogP contribution in [0.4, 0.5) is 0 Å². The molecule has 1 atom stereocenters. The third-order valence-corrected chi connectivity index (χ3v) is 4.11. The first-order valence-electron chi connectivity index (χ1n) is 6.50. The molecular formula is C13H23N3S. The Bertz CT molecular complexity index is 348. The van der Waals surface area contributed by atoms with Crippen LogP contribution in [0.25, 0.3) is 0 Å². The number of aryl methyl sites for hydroxylation is 1. The van der Waals surface area contributed by atoms with Crippen molar-refractivity contribution in [2.75, 3.05) is 19.6 Å². The molecule has 0 aromatic carbocycles. The van der Waals surface area contributed by atoms with E-state index in [-0.39, 0.29) is 0 Å². The highest BCUT2D eigenvalue weighted by atomic mass is 32.1. The smallest absolute Gasteiger partial charge is 0.107 e. The Balaban J connectivity index is 1.74. The standard InChI is InChI=1S/C13H23N3S/c1-10(2)14-7-12-4-5-16(8-12)9-13-15-6-11(3)17-13/h6,10,12,14H,4-5,7-9H2,1-3H3. The Hall–Kier alpha value is -0.450. The summed E-state index contributed by atoms with van der Waals surface area (Å²) in [6.07, 6.45) is 3.30. The number of nitrogens with one attached hydrogen (secondary N) is 1. The molecule has 2 heterocycles. The molecule has 0 spiro atoms. The van der Waals surface area contributed by atoms with Crippen LogP contribution >= 0.6 is 11.3 Å². The average molecular weight is 253 g/mol. The zero-order valence-corrected chi connectivity index (χ0v) is 11.9. The third kappa shape index (κ3) is 4.05. The fourth-order valence-electron chi connectivity index (χ4n) is 2.29. The Kier molecular flexibility index (Phi) is 4.54. The van der Waals surface area contributed by atoms with Crippen molar-refractivity contribution in [3.05, 3.63) is 16.1 Å². The molecule has 1 fully saturated rings. The van der Waals surface area contributed by atoms with Crippen LogP contribution < -0.4 is 5.32 Å². The second-order valence-electron chi connectivity index (χ2n) is 5.32. The molecule has 1 saturated heterocycles. The number of aromatic nitrogens is 1. The Labute approximate surface area is 108 Å². The molecule has 2 rings (SSSR count). The number of nitrogens with zero attached hydrogens (tertiary/aromatic N) is 2. The Morgan fingerprint density at radius 1 is 1.59 bits per heavy atom. The molecule has 1 aliphatic rings. The second kappa shape index (κ2) is 5.94. The van der Waals surface area contributed by atoms with Crippen LogP contribution in [-0.4, -0.2) is 35.6 Å². The van der Waals surface area contributed by atoms with E-state index in [1.165, 1.54) is 29.4 Å². The van der Waals surface area contributed by atoms with E-state index < -0.39 is 0 Å². The summed E-state index contributed by atoms with van der Waals surface area (Å²) in [5.74, 6) is 0.818. The molecule has 1 aliphatic heterocycles. The molecule has 1 aromatic heterocycles. The molecular weight excluding hydrogens is 230 g/mol. The maximum absolute atomic E-state index is 4.44. The van der Waals surface area contributed by atoms with Crippen LogP contribution in [0.2, 0.25) is 0 Å². The van der Waals surface area contributed by atoms with Gasteiger partial charge < -0.3 is 5.32 Å². The normalized spacial score (nSPS) is 21.5. The molecule has 17 heavy (non-hydrogen) atoms. The van der Waals surface area contributed by atoms with Crippen molar-refractivity contribution in [3.63, 3.8) is 0 Å². The number of hydrogen-bond acceptors (Lipinski definition) is 4. The highest BCUT2D eigenvalue weighted by Gasteiger charge is 2.22. The van der Waals surface area contributed by atoms with Crippen molar-refractivity contribution < 1.29 is 0 Å². The highest BCUT2D eigenvalue weighted by Crippen LogP contribution is 2.20. The summed E-state index contributed by atoms with van der Waals surface area (Å²) in [4.78, 5) is 8.29. The van der Waals surface area contributed by atoms with Gasteiger partial charge in [-0.3, -0.25) is 4.90 Å². The van der Waals surface area contributed by atoms with E-state index in [0.717, 1.165) is 19.0 Å². The van der Waals surface area contributed by atoms with Gasteiger partial charge in [-0.05, 0) is 32.4 Å². The van der Waals surface area contributed by atoms with Crippen molar-refractivity contribution in [2.24, 2.45) is 5.92 Å². The van der Waals surface area contributed by atoms with Crippen LogP contribution in [0.1, 0.15) is 30.2 Å². The minimum Gasteiger partial charge on any atom is -0.314 e. The van der Waals surface area contributed by atoms with Gasteiger partial charge in [0.15, 0.2) is 0 Å². The van der Waals surface area contributed by atoms with Crippen molar-refractivity contribution >= 4 is 11.3 Å². The quantitative estimate of drug-likeness (QED) is 0.872. The molecule has 4 heteroatoms. The van der Waals surface area contributed by atoms with Gasteiger partial charge in [-0.2, -0.15) is 0 Å². The Morgan fingerprint density at radius 2 is 2.41 bits per heavy atom. The fourth-order valence-corrected chi connectivity index (χ4v) is 3.12. The van der Waals surface area contributed by atoms with E-state index in [2.05, 4.69) is 36.0 Å². The van der Waals surface area contributed by atoms with Crippen molar-refractivity contribution in [1.82, 2.24) is 15.2 Å². The van der Waals surface area contributed by atoms with Crippen LogP contribution in [0.15, 0.2) is 6.20 Å². The van der Waals surface area contributed by atoms with Gasteiger partial charge in [0.1, 0.15) is 5.01 Å². The van der Waals surface area contributed by atoms with Gasteiger partial charge >= 0.3 is 0 Å². The summed E-state index contributed by atoms with van der Waals surface area (Å²) >= 11 is 1.83. The lowest BCUT2D eigenvalue weighted by atomic mass is 10.1. The zero-order chi connectivity index (χ0) is 12.3. The monoisotopic (exact) mass is 253 g/mol. The summed E-state index contributed by atoms with van der Waals surface area (Å²) in [5.41, 5.74) is 0. The van der Waals surface area contributed by atoms with Gasteiger partial charge in [0.25, 0.3) is 0 Å². The molecule has 1 unspecified atom stereocenters. The SMILES string of the molecule is Cc1cnc(CN2CCC(CNC(C)C)C2)s1. The maximum atomic E-state index is 4.44. The van der Waals surface area contributed by atoms with Gasteiger partial charge in [-0.15, -0.1) is 11.3 Å². The summed E-state index contributed by atoms with van der Waals surface area (Å²) in [5, 5.41) is 4.80. The molecule has 1 aromatic rings. The molecule has 1 N–H and O–H groups in total. The average Bonchev–Trinajstić information content (AvgIpc) is 2.86. The third-order valence-electron chi connectivity index (χ3n) is 3.21. The minimum absolute atomic E-state index is 0.602. The highest BCUT2D eigenvalue weighted by molar-refractivity contribution is 7.11. The van der Waals surface area contributed by atoms with Crippen molar-refractivity contribution in [1.29, 1.82) is 0 Å². The minimum atomic E-state index is 0.602. The fraction of sp³-hybridized carbons (Fsp3) is 0.769. The molecule has 96 valence electrons. The van der Waals surface area contributed by atoms with Gasteiger partial charge in [0.05, 0.1) is 6.54 Å². The molecule has 3 nitrogen and oxygen atoms in total. The first-order chi connectivity index (χ1) is 8.13. The second-order valence-corrected chi connectivity index (χ2v) is 6.64. The van der Waals surface area contributed by atoms with E-state index in [1.807, 2.05) is 17.5 Å². The summed E-state index contributed by atoms with van der Waals surface area (Å²) < 4.78 is 0. The lowest BCUT2D eigenvalue weighted by Gasteiger charge is -2.16. The van der Waals surface area contributed by atoms with Crippen LogP contribution in [0.5, 0.6) is 0 Å². The van der Waals surface area contributed by atoms with E-state index in [0.29, 0.717) is 6.04 Å². The summed E-state index contributed by atoms with van der Waals surface area (Å²) in [6.45, 7) is 11.2. The molecule has 0 saturated carbocycles. The van der Waals surface area contributed by atoms with Crippen molar-refractivity contribution in [3.8, 4) is 0 Å². The van der Waals surface area contributed by atoms with Crippen LogP contribution in [-0.2, 0) is 6.54 Å².